The maximum atomic E-state index is 12.4. The summed E-state index contributed by atoms with van der Waals surface area (Å²) < 4.78 is 13.4. The van der Waals surface area contributed by atoms with Gasteiger partial charge in [-0.2, -0.15) is 10.4 Å². The van der Waals surface area contributed by atoms with Crippen LogP contribution in [0.15, 0.2) is 54.0 Å². The molecule has 2 N–H and O–H groups in total. The molecule has 0 radical (unpaired) electrons. The van der Waals surface area contributed by atoms with Gasteiger partial charge in [-0.3, -0.25) is 9.98 Å². The number of aliphatic imine (C=N–C) groups is 1. The molecule has 10 heteroatoms. The van der Waals surface area contributed by atoms with E-state index in [2.05, 4.69) is 16.2 Å². The van der Waals surface area contributed by atoms with E-state index in [-0.39, 0.29) is 18.2 Å². The number of rotatable bonds is 6. The van der Waals surface area contributed by atoms with E-state index in [1.165, 1.54) is 12.4 Å². The van der Waals surface area contributed by atoms with Crippen molar-refractivity contribution < 1.29 is 14.3 Å². The van der Waals surface area contributed by atoms with E-state index in [1.807, 2.05) is 65.1 Å². The first-order valence-corrected chi connectivity index (χ1v) is 13.0. The quantitative estimate of drug-likeness (QED) is 0.449. The molecule has 1 saturated heterocycles. The van der Waals surface area contributed by atoms with Crippen LogP contribution in [0.5, 0.6) is 5.75 Å². The average molecular weight is 530 g/mol. The molecule has 4 heterocycles. The topological polar surface area (TPSA) is 131 Å². The van der Waals surface area contributed by atoms with Crippen molar-refractivity contribution in [2.75, 3.05) is 13.1 Å². The first-order valence-electron chi connectivity index (χ1n) is 13.0. The van der Waals surface area contributed by atoms with Crippen molar-refractivity contribution >= 4 is 22.9 Å². The average Bonchev–Trinajstić information content (AvgIpc) is 3.32. The van der Waals surface area contributed by atoms with Gasteiger partial charge in [0.1, 0.15) is 34.6 Å². The number of fused-ring (bicyclic) bond motifs is 1. The van der Waals surface area contributed by atoms with E-state index in [0.29, 0.717) is 29.9 Å². The zero-order chi connectivity index (χ0) is 28.2. The smallest absolute Gasteiger partial charge is 0.410 e. The van der Waals surface area contributed by atoms with Gasteiger partial charge >= 0.3 is 6.09 Å². The minimum absolute atomic E-state index is 0.0529. The van der Waals surface area contributed by atoms with Crippen LogP contribution in [0.2, 0.25) is 0 Å². The second-order valence-electron chi connectivity index (χ2n) is 10.6. The van der Waals surface area contributed by atoms with E-state index in [4.69, 9.17) is 20.2 Å². The van der Waals surface area contributed by atoms with Crippen molar-refractivity contribution in [3.63, 3.8) is 0 Å². The molecule has 0 aromatic carbocycles. The van der Waals surface area contributed by atoms with Gasteiger partial charge in [0.05, 0.1) is 17.9 Å². The minimum Gasteiger partial charge on any atom is -0.482 e. The highest BCUT2D eigenvalue weighted by Gasteiger charge is 2.27. The Morgan fingerprint density at radius 1 is 1.31 bits per heavy atom. The summed E-state index contributed by atoms with van der Waals surface area (Å²) in [5, 5.41) is 14.0. The lowest BCUT2D eigenvalue weighted by molar-refractivity contribution is 0.0207. The Balaban J connectivity index is 1.57. The van der Waals surface area contributed by atoms with Crippen molar-refractivity contribution in [1.29, 1.82) is 5.26 Å². The first-order chi connectivity index (χ1) is 18.6. The molecular weight excluding hydrogens is 494 g/mol. The number of nitrogens with two attached hydrogens (primary N) is 1. The number of pyridine rings is 2. The van der Waals surface area contributed by atoms with E-state index in [1.54, 1.807) is 15.6 Å². The molecule has 39 heavy (non-hydrogen) atoms. The van der Waals surface area contributed by atoms with Gasteiger partial charge in [-0.1, -0.05) is 6.07 Å². The summed E-state index contributed by atoms with van der Waals surface area (Å²) in [5.41, 5.74) is 9.59. The van der Waals surface area contributed by atoms with Gasteiger partial charge in [0.25, 0.3) is 0 Å². The van der Waals surface area contributed by atoms with Crippen LogP contribution < -0.4 is 10.5 Å². The van der Waals surface area contributed by atoms with E-state index < -0.39 is 5.60 Å². The summed E-state index contributed by atoms with van der Waals surface area (Å²) >= 11 is 0. The SMILES string of the molecule is CC(=NC1CCN(C(=O)OC(C)(C)C)CC1)/C(=C\N)c1cc(OC(C)c2ccccn2)c2c(C#N)cnn2c1. The van der Waals surface area contributed by atoms with Crippen LogP contribution >= 0.6 is 0 Å². The molecule has 0 bridgehead atoms. The molecule has 3 aromatic heterocycles. The lowest BCUT2D eigenvalue weighted by Crippen LogP contribution is -2.42. The summed E-state index contributed by atoms with van der Waals surface area (Å²) in [6.07, 6.45) is 7.38. The number of nitriles is 1. The van der Waals surface area contributed by atoms with Gasteiger partial charge in [0.15, 0.2) is 0 Å². The molecule has 0 aliphatic carbocycles. The molecule has 1 aliphatic heterocycles. The highest BCUT2D eigenvalue weighted by atomic mass is 16.6. The number of hydrogen-bond acceptors (Lipinski definition) is 8. The van der Waals surface area contributed by atoms with Gasteiger partial charge in [0.2, 0.25) is 0 Å². The number of carbonyl (C=O) groups is 1. The number of likely N-dealkylation sites (tertiary alicyclic amines) is 1. The monoisotopic (exact) mass is 529 g/mol. The fourth-order valence-corrected chi connectivity index (χ4v) is 4.54. The number of carbonyl (C=O) groups excluding carboxylic acids is 1. The molecule has 0 saturated carbocycles. The Morgan fingerprint density at radius 3 is 2.67 bits per heavy atom. The third-order valence-corrected chi connectivity index (χ3v) is 6.47. The fourth-order valence-electron chi connectivity index (χ4n) is 4.54. The number of amides is 1. The van der Waals surface area contributed by atoms with Crippen molar-refractivity contribution in [3.8, 4) is 11.8 Å². The predicted molar refractivity (Wildman–Crippen MR) is 149 cm³/mol. The van der Waals surface area contributed by atoms with Crippen LogP contribution in [-0.4, -0.2) is 56.0 Å². The molecular formula is C29H35N7O3. The third kappa shape index (κ3) is 6.55. The van der Waals surface area contributed by atoms with Crippen LogP contribution in [0.1, 0.15) is 70.4 Å². The summed E-state index contributed by atoms with van der Waals surface area (Å²) in [6, 6.07) is 9.75. The second kappa shape index (κ2) is 11.6. The largest absolute Gasteiger partial charge is 0.482 e. The van der Waals surface area contributed by atoms with Crippen LogP contribution in [0.25, 0.3) is 11.1 Å². The van der Waals surface area contributed by atoms with Gasteiger partial charge in [-0.25, -0.2) is 9.31 Å². The lowest BCUT2D eigenvalue weighted by atomic mass is 10.0. The third-order valence-electron chi connectivity index (χ3n) is 6.47. The maximum absolute atomic E-state index is 12.4. The number of hydrogen-bond donors (Lipinski definition) is 1. The second-order valence-corrected chi connectivity index (χ2v) is 10.6. The number of aromatic nitrogens is 3. The van der Waals surface area contributed by atoms with Crippen molar-refractivity contribution in [2.24, 2.45) is 10.7 Å². The molecule has 1 fully saturated rings. The fraction of sp³-hybridized carbons (Fsp3) is 0.414. The summed E-state index contributed by atoms with van der Waals surface area (Å²) in [4.78, 5) is 23.5. The van der Waals surface area contributed by atoms with Crippen LogP contribution in [-0.2, 0) is 4.74 Å². The molecule has 0 spiro atoms. The zero-order valence-corrected chi connectivity index (χ0v) is 23.1. The Bertz CT molecular complexity index is 1420. The highest BCUT2D eigenvalue weighted by molar-refractivity contribution is 6.22. The lowest BCUT2D eigenvalue weighted by Gasteiger charge is -2.32. The molecule has 1 aliphatic rings. The molecule has 204 valence electrons. The minimum atomic E-state index is -0.523. The van der Waals surface area contributed by atoms with Gasteiger partial charge in [-0.05, 0) is 65.7 Å². The summed E-state index contributed by atoms with van der Waals surface area (Å²) in [7, 11) is 0. The van der Waals surface area contributed by atoms with Crippen molar-refractivity contribution in [3.05, 3.63) is 65.9 Å². The van der Waals surface area contributed by atoms with Crippen molar-refractivity contribution in [2.45, 2.75) is 65.2 Å². The molecule has 1 atom stereocenters. The van der Waals surface area contributed by atoms with Gasteiger partial charge < -0.3 is 20.1 Å². The molecule has 10 nitrogen and oxygen atoms in total. The number of nitrogens with zero attached hydrogens (tertiary/aromatic N) is 6. The first kappa shape index (κ1) is 27.6. The Hall–Kier alpha value is -4.39. The standard InChI is InChI=1S/C29H35N7O3/c1-19(34-23-9-12-35(13-10-23)28(37)39-29(3,4)5)24(16-31)21-14-26(27-22(15-30)17-33-36(27)18-21)38-20(2)25-8-6-7-11-32-25/h6-8,11,14,16-18,20,23H,9-10,12-13,31H2,1-5H3/b24-16+,34-19?. The molecule has 4 rings (SSSR count). The molecule has 1 unspecified atom stereocenters. The molecule has 3 aromatic rings. The Morgan fingerprint density at radius 2 is 2.05 bits per heavy atom. The van der Waals surface area contributed by atoms with Crippen LogP contribution in [0.4, 0.5) is 4.79 Å². The van der Waals surface area contributed by atoms with E-state index >= 15 is 0 Å². The molecule has 1 amide bonds. The summed E-state index contributed by atoms with van der Waals surface area (Å²) in [5.74, 6) is 0.498. The normalized spacial score (nSPS) is 16.2. The Labute approximate surface area is 228 Å². The van der Waals surface area contributed by atoms with E-state index in [0.717, 1.165) is 35.4 Å². The van der Waals surface area contributed by atoms with Crippen LogP contribution in [0, 0.1) is 11.3 Å². The van der Waals surface area contributed by atoms with Gasteiger partial charge in [0, 0.05) is 48.5 Å². The maximum Gasteiger partial charge on any atom is 0.410 e. The van der Waals surface area contributed by atoms with Crippen LogP contribution in [0.3, 0.4) is 0 Å². The highest BCUT2D eigenvalue weighted by Crippen LogP contribution is 2.32. The predicted octanol–water partition coefficient (Wildman–Crippen LogP) is 4.90. The van der Waals surface area contributed by atoms with Crippen molar-refractivity contribution in [1.82, 2.24) is 19.5 Å². The Kier molecular flexibility index (Phi) is 8.19. The summed E-state index contributed by atoms with van der Waals surface area (Å²) in [6.45, 7) is 10.6. The number of allylic oxidation sites excluding steroid dienone is 1. The number of piperidine rings is 1. The van der Waals surface area contributed by atoms with Gasteiger partial charge in [-0.15, -0.1) is 0 Å². The zero-order valence-electron chi connectivity index (χ0n) is 23.1. The van der Waals surface area contributed by atoms with E-state index in [9.17, 15) is 10.1 Å². The number of ether oxygens (including phenoxy) is 2.